The van der Waals surface area contributed by atoms with Crippen LogP contribution in [0.2, 0.25) is 0 Å². The van der Waals surface area contributed by atoms with Crippen molar-refractivity contribution >= 4 is 5.91 Å². The molecule has 0 saturated carbocycles. The molecule has 1 amide bonds. The quantitative estimate of drug-likeness (QED) is 0.686. The second-order valence-electron chi connectivity index (χ2n) is 4.54. The highest BCUT2D eigenvalue weighted by molar-refractivity contribution is 5.77. The average Bonchev–Trinajstić information content (AvgIpc) is 2.30. The van der Waals surface area contributed by atoms with Gasteiger partial charge in [0.2, 0.25) is 5.91 Å². The van der Waals surface area contributed by atoms with Crippen molar-refractivity contribution in [2.75, 3.05) is 39.9 Å². The molecular weight excluding hydrogens is 204 g/mol. The molecule has 1 aliphatic heterocycles. The molecule has 0 bridgehead atoms. The number of carbonyl (C=O) groups excluding carboxylic acids is 1. The number of nitrogens with one attached hydrogen (secondary N) is 1. The van der Waals surface area contributed by atoms with Crippen molar-refractivity contribution < 1.29 is 9.53 Å². The normalized spacial score (nSPS) is 20.8. The van der Waals surface area contributed by atoms with E-state index in [1.165, 1.54) is 12.8 Å². The van der Waals surface area contributed by atoms with Crippen LogP contribution in [-0.4, -0.2) is 50.7 Å². The van der Waals surface area contributed by atoms with Crippen molar-refractivity contribution in [2.45, 2.75) is 26.2 Å². The van der Waals surface area contributed by atoms with Crippen molar-refractivity contribution in [3.63, 3.8) is 0 Å². The van der Waals surface area contributed by atoms with E-state index < -0.39 is 0 Å². The molecule has 1 fully saturated rings. The monoisotopic (exact) mass is 228 g/mol. The van der Waals surface area contributed by atoms with Gasteiger partial charge in [0.25, 0.3) is 0 Å². The minimum absolute atomic E-state index is 0.0963. The van der Waals surface area contributed by atoms with Crippen LogP contribution in [0.15, 0.2) is 0 Å². The highest BCUT2D eigenvalue weighted by Gasteiger charge is 2.17. The largest absolute Gasteiger partial charge is 0.372 e. The summed E-state index contributed by atoms with van der Waals surface area (Å²) in [4.78, 5) is 13.5. The van der Waals surface area contributed by atoms with Crippen molar-refractivity contribution in [2.24, 2.45) is 5.92 Å². The van der Waals surface area contributed by atoms with E-state index in [0.29, 0.717) is 12.5 Å². The molecule has 1 aliphatic rings. The Kier molecular flexibility index (Phi) is 6.42. The summed E-state index contributed by atoms with van der Waals surface area (Å²) in [6.07, 6.45) is 3.41. The minimum atomic E-state index is 0.0963. The summed E-state index contributed by atoms with van der Waals surface area (Å²) in [5, 5.41) is 3.36. The Hall–Kier alpha value is -0.610. The van der Waals surface area contributed by atoms with Gasteiger partial charge in [0, 0.05) is 20.2 Å². The molecule has 1 rings (SSSR count). The zero-order valence-corrected chi connectivity index (χ0v) is 10.5. The second-order valence-corrected chi connectivity index (χ2v) is 4.54. The van der Waals surface area contributed by atoms with E-state index in [4.69, 9.17) is 4.74 Å². The third-order valence-electron chi connectivity index (χ3n) is 2.93. The molecule has 0 aromatic carbocycles. The first-order valence-electron chi connectivity index (χ1n) is 6.26. The van der Waals surface area contributed by atoms with Crippen LogP contribution in [0.4, 0.5) is 0 Å². The van der Waals surface area contributed by atoms with E-state index >= 15 is 0 Å². The lowest BCUT2D eigenvalue weighted by molar-refractivity contribution is -0.135. The Bertz CT molecular complexity index is 203. The van der Waals surface area contributed by atoms with Gasteiger partial charge in [-0.25, -0.2) is 0 Å². The Balaban J connectivity index is 2.16. The first kappa shape index (κ1) is 13.5. The van der Waals surface area contributed by atoms with Crippen LogP contribution in [0.5, 0.6) is 0 Å². The lowest BCUT2D eigenvalue weighted by Gasteiger charge is -2.27. The number of amides is 1. The minimum Gasteiger partial charge on any atom is -0.372 e. The van der Waals surface area contributed by atoms with Crippen molar-refractivity contribution in [1.29, 1.82) is 0 Å². The van der Waals surface area contributed by atoms with Gasteiger partial charge in [0.15, 0.2) is 0 Å². The summed E-state index contributed by atoms with van der Waals surface area (Å²) < 4.78 is 5.25. The fourth-order valence-corrected chi connectivity index (χ4v) is 1.98. The van der Waals surface area contributed by atoms with E-state index in [1.807, 2.05) is 14.0 Å². The van der Waals surface area contributed by atoms with Crippen LogP contribution in [0.3, 0.4) is 0 Å². The van der Waals surface area contributed by atoms with E-state index in [9.17, 15) is 4.79 Å². The third kappa shape index (κ3) is 4.94. The van der Waals surface area contributed by atoms with Crippen LogP contribution in [0, 0.1) is 5.92 Å². The Morgan fingerprint density at radius 1 is 1.56 bits per heavy atom. The van der Waals surface area contributed by atoms with Crippen molar-refractivity contribution in [3.05, 3.63) is 0 Å². The molecule has 1 heterocycles. The van der Waals surface area contributed by atoms with Gasteiger partial charge in [0.1, 0.15) is 6.61 Å². The fourth-order valence-electron chi connectivity index (χ4n) is 1.98. The lowest BCUT2D eigenvalue weighted by atomic mass is 9.99. The zero-order chi connectivity index (χ0) is 11.8. The topological polar surface area (TPSA) is 41.6 Å². The van der Waals surface area contributed by atoms with E-state index in [0.717, 1.165) is 26.1 Å². The molecule has 0 aromatic heterocycles. The molecular formula is C12H24N2O2. The van der Waals surface area contributed by atoms with Gasteiger partial charge in [-0.15, -0.1) is 0 Å². The molecule has 4 nitrogen and oxygen atoms in total. The fraction of sp³-hybridized carbons (Fsp3) is 0.917. The maximum Gasteiger partial charge on any atom is 0.248 e. The van der Waals surface area contributed by atoms with E-state index in [1.54, 1.807) is 4.90 Å². The molecule has 94 valence electrons. The summed E-state index contributed by atoms with van der Waals surface area (Å²) in [5.41, 5.74) is 0. The van der Waals surface area contributed by atoms with E-state index in [2.05, 4.69) is 5.32 Å². The van der Waals surface area contributed by atoms with Gasteiger partial charge in [-0.1, -0.05) is 6.92 Å². The van der Waals surface area contributed by atoms with Crippen molar-refractivity contribution in [3.8, 4) is 0 Å². The maximum atomic E-state index is 11.7. The smallest absolute Gasteiger partial charge is 0.248 e. The number of hydrogen-bond donors (Lipinski definition) is 1. The molecule has 1 N–H and O–H groups in total. The molecule has 16 heavy (non-hydrogen) atoms. The molecule has 0 spiro atoms. The number of ether oxygens (including phenoxy) is 1. The van der Waals surface area contributed by atoms with Gasteiger partial charge >= 0.3 is 0 Å². The summed E-state index contributed by atoms with van der Waals surface area (Å²) in [5.74, 6) is 0.702. The average molecular weight is 228 g/mol. The van der Waals surface area contributed by atoms with Gasteiger partial charge in [0.05, 0.1) is 0 Å². The van der Waals surface area contributed by atoms with Gasteiger partial charge in [-0.3, -0.25) is 4.79 Å². The molecule has 4 heteroatoms. The molecule has 1 unspecified atom stereocenters. The number of rotatable bonds is 6. The summed E-state index contributed by atoms with van der Waals surface area (Å²) >= 11 is 0. The number of nitrogens with zero attached hydrogens (tertiary/aromatic N) is 1. The second kappa shape index (κ2) is 7.63. The zero-order valence-electron chi connectivity index (χ0n) is 10.5. The highest BCUT2D eigenvalue weighted by atomic mass is 16.5. The highest BCUT2D eigenvalue weighted by Crippen LogP contribution is 2.10. The number of likely N-dealkylation sites (N-methyl/N-ethyl adjacent to an activating group) is 1. The van der Waals surface area contributed by atoms with Crippen LogP contribution in [0.25, 0.3) is 0 Å². The lowest BCUT2D eigenvalue weighted by Crippen LogP contribution is -2.40. The SMILES string of the molecule is CCCOCC(=O)N(C)CC1CCCNC1. The molecule has 0 radical (unpaired) electrons. The summed E-state index contributed by atoms with van der Waals surface area (Å²) in [6, 6.07) is 0. The van der Waals surface area contributed by atoms with Crippen molar-refractivity contribution in [1.82, 2.24) is 10.2 Å². The maximum absolute atomic E-state index is 11.7. The summed E-state index contributed by atoms with van der Waals surface area (Å²) in [6.45, 7) is 5.94. The third-order valence-corrected chi connectivity index (χ3v) is 2.93. The molecule has 0 aliphatic carbocycles. The Morgan fingerprint density at radius 2 is 2.38 bits per heavy atom. The first-order chi connectivity index (χ1) is 7.74. The van der Waals surface area contributed by atoms with Crippen LogP contribution in [0.1, 0.15) is 26.2 Å². The van der Waals surface area contributed by atoms with Gasteiger partial charge < -0.3 is 15.0 Å². The number of carbonyl (C=O) groups is 1. The first-order valence-corrected chi connectivity index (χ1v) is 6.26. The number of hydrogen-bond acceptors (Lipinski definition) is 3. The Labute approximate surface area is 98.3 Å². The summed E-state index contributed by atoms with van der Waals surface area (Å²) in [7, 11) is 1.87. The predicted octanol–water partition coefficient (Wildman–Crippen LogP) is 0.871. The predicted molar refractivity (Wildman–Crippen MR) is 64.3 cm³/mol. The molecule has 1 atom stereocenters. The Morgan fingerprint density at radius 3 is 3.00 bits per heavy atom. The molecule has 0 aromatic rings. The van der Waals surface area contributed by atoms with E-state index in [-0.39, 0.29) is 12.5 Å². The van der Waals surface area contributed by atoms with Crippen LogP contribution < -0.4 is 5.32 Å². The standard InChI is InChI=1S/C12H24N2O2/c1-3-7-16-10-12(15)14(2)9-11-5-4-6-13-8-11/h11,13H,3-10H2,1-2H3. The number of piperidine rings is 1. The van der Waals surface area contributed by atoms with Gasteiger partial charge in [-0.05, 0) is 38.3 Å². The van der Waals surface area contributed by atoms with Crippen LogP contribution >= 0.6 is 0 Å². The van der Waals surface area contributed by atoms with Gasteiger partial charge in [-0.2, -0.15) is 0 Å². The molecule has 1 saturated heterocycles. The van der Waals surface area contributed by atoms with Crippen LogP contribution in [-0.2, 0) is 9.53 Å².